The van der Waals surface area contributed by atoms with Crippen LogP contribution in [-0.4, -0.2) is 97.5 Å². The second-order valence-electron chi connectivity index (χ2n) is 21.2. The largest absolute Gasteiger partial charge is 0.508 e. The van der Waals surface area contributed by atoms with E-state index in [0.29, 0.717) is 59.6 Å². The molecule has 19 nitrogen and oxygen atoms in total. The SMILES string of the molecule is O=Cc1ccc2ccc3c(OC(=O)c4cc(OC(=O)c5cc(OCCCOc6ccc(O)cc6)cc(OCCCOc6ccc(O)cc6)c5)cc(OC(=O)c5cc(OCCCOc6ccc(O)cc6)cc(OCCCOc6ccc(O)cc6)c5)c4)ccc4ccc1c2c43. The minimum atomic E-state index is -0.908. The fourth-order valence-corrected chi connectivity index (χ4v) is 9.92. The van der Waals surface area contributed by atoms with Crippen LogP contribution in [0.4, 0.5) is 0 Å². The summed E-state index contributed by atoms with van der Waals surface area (Å²) in [5, 5.41) is 43.3. The quantitative estimate of drug-likeness (QED) is 0.0104. The number of ether oxygens (including phenoxy) is 11. The number of aromatic hydroxyl groups is 4. The van der Waals surface area contributed by atoms with E-state index in [0.717, 1.165) is 33.2 Å². The molecule has 19 heteroatoms. The first-order valence-corrected chi connectivity index (χ1v) is 29.8. The summed E-state index contributed by atoms with van der Waals surface area (Å²) in [6, 6.07) is 52.8. The van der Waals surface area contributed by atoms with E-state index in [1.54, 1.807) is 72.8 Å². The highest BCUT2D eigenvalue weighted by molar-refractivity contribution is 6.26. The third-order valence-corrected chi connectivity index (χ3v) is 14.4. The van der Waals surface area contributed by atoms with Crippen LogP contribution in [0.1, 0.15) is 67.1 Å². The van der Waals surface area contributed by atoms with Gasteiger partial charge in [-0.2, -0.15) is 0 Å². The molecule has 0 saturated heterocycles. The van der Waals surface area contributed by atoms with E-state index in [-0.39, 0.29) is 133 Å². The lowest BCUT2D eigenvalue weighted by molar-refractivity contribution is 0.0705. The van der Waals surface area contributed by atoms with Crippen molar-refractivity contribution in [3.8, 4) is 86.2 Å². The van der Waals surface area contributed by atoms with Crippen LogP contribution in [0.5, 0.6) is 86.2 Å². The second-order valence-corrected chi connectivity index (χ2v) is 21.2. The van der Waals surface area contributed by atoms with Gasteiger partial charge in [-0.1, -0.05) is 36.4 Å². The Balaban J connectivity index is 0.861. The molecule has 0 saturated carbocycles. The number of hydrogen-bond donors (Lipinski definition) is 4. The van der Waals surface area contributed by atoms with Crippen molar-refractivity contribution in [3.63, 3.8) is 0 Å². The third-order valence-electron chi connectivity index (χ3n) is 14.4. The van der Waals surface area contributed by atoms with Crippen LogP contribution >= 0.6 is 0 Å². The van der Waals surface area contributed by atoms with Gasteiger partial charge in [0.2, 0.25) is 0 Å². The zero-order valence-corrected chi connectivity index (χ0v) is 50.0. The number of hydrogen-bond acceptors (Lipinski definition) is 19. The van der Waals surface area contributed by atoms with Crippen molar-refractivity contribution in [2.75, 3.05) is 52.9 Å². The van der Waals surface area contributed by atoms with Gasteiger partial charge in [0.15, 0.2) is 6.29 Å². The molecule has 11 rings (SSSR count). The highest BCUT2D eigenvalue weighted by atomic mass is 16.6. The van der Waals surface area contributed by atoms with E-state index in [4.69, 9.17) is 52.1 Å². The van der Waals surface area contributed by atoms with E-state index < -0.39 is 17.9 Å². The standard InChI is InChI=1S/C74H62O19/c75-46-49-6-5-47-8-27-68-69(28-9-48-7-26-67(49)70(47)71(48)68)93-74(82)52-41-65(91-72(80)50-37-61(87-33-1-29-83-57-18-10-53(76)11-19-57)43-62(38-50)88-34-2-30-84-58-20-12-54(77)13-21-58)45-66(42-52)92-73(81)51-39-63(89-35-3-31-85-59-22-14-55(78)15-23-59)44-64(40-51)90-36-4-32-86-60-24-16-56(79)17-25-60/h5-28,37-46,76-79H,1-4,29-36H2. The van der Waals surface area contributed by atoms with Crippen LogP contribution in [-0.2, 0) is 0 Å². The van der Waals surface area contributed by atoms with Gasteiger partial charge in [-0.05, 0) is 167 Å². The monoisotopic (exact) mass is 1250 g/mol. The van der Waals surface area contributed by atoms with Crippen LogP contribution in [0.2, 0.25) is 0 Å². The van der Waals surface area contributed by atoms with Gasteiger partial charge in [0, 0.05) is 60.2 Å². The molecular weight excluding hydrogens is 1190 g/mol. The Kier molecular flexibility index (Phi) is 20.3. The Morgan fingerprint density at radius 3 is 0.925 bits per heavy atom. The smallest absolute Gasteiger partial charge is 0.343 e. The first-order chi connectivity index (χ1) is 45.4. The minimum Gasteiger partial charge on any atom is -0.508 e. The molecule has 93 heavy (non-hydrogen) atoms. The molecule has 0 fully saturated rings. The molecule has 0 heterocycles. The average molecular weight is 1260 g/mol. The van der Waals surface area contributed by atoms with Crippen LogP contribution in [0.15, 0.2) is 200 Å². The van der Waals surface area contributed by atoms with Crippen molar-refractivity contribution in [1.29, 1.82) is 0 Å². The fraction of sp³-hybridized carbons (Fsp3) is 0.162. The van der Waals surface area contributed by atoms with Crippen molar-refractivity contribution < 1.29 is 91.7 Å². The molecule has 4 N–H and O–H groups in total. The number of carbonyl (C=O) groups is 4. The molecule has 0 aliphatic carbocycles. The second kappa shape index (κ2) is 30.1. The van der Waals surface area contributed by atoms with Crippen molar-refractivity contribution in [2.24, 2.45) is 0 Å². The fourth-order valence-electron chi connectivity index (χ4n) is 9.92. The first-order valence-electron chi connectivity index (χ1n) is 29.8. The average Bonchev–Trinajstić information content (AvgIpc) is 0.742. The number of benzene rings is 11. The Labute approximate surface area is 533 Å². The van der Waals surface area contributed by atoms with Gasteiger partial charge >= 0.3 is 17.9 Å². The highest BCUT2D eigenvalue weighted by Gasteiger charge is 2.22. The first kappa shape index (κ1) is 62.7. The maximum absolute atomic E-state index is 14.6. The van der Waals surface area contributed by atoms with Gasteiger partial charge in [-0.25, -0.2) is 14.4 Å². The summed E-state index contributed by atoms with van der Waals surface area (Å²) >= 11 is 0. The van der Waals surface area contributed by atoms with Gasteiger partial charge in [-0.3, -0.25) is 4.79 Å². The summed E-state index contributed by atoms with van der Waals surface area (Å²) < 4.78 is 66.0. The molecule has 0 aliphatic rings. The van der Waals surface area contributed by atoms with Crippen LogP contribution in [0.25, 0.3) is 32.3 Å². The molecule has 0 radical (unpaired) electrons. The summed E-state index contributed by atoms with van der Waals surface area (Å²) in [6.45, 7) is 1.75. The van der Waals surface area contributed by atoms with E-state index in [2.05, 4.69) is 0 Å². The third kappa shape index (κ3) is 16.9. The normalized spacial score (nSPS) is 11.0. The minimum absolute atomic E-state index is 0.00994. The predicted octanol–water partition coefficient (Wildman–Crippen LogP) is 14.3. The lowest BCUT2D eigenvalue weighted by atomic mass is 9.92. The maximum atomic E-state index is 14.6. The molecule has 472 valence electrons. The van der Waals surface area contributed by atoms with Crippen molar-refractivity contribution in [1.82, 2.24) is 0 Å². The number of carbonyl (C=O) groups excluding carboxylic acids is 4. The van der Waals surface area contributed by atoms with E-state index in [1.165, 1.54) is 91.0 Å². The highest BCUT2D eigenvalue weighted by Crippen LogP contribution is 2.40. The number of phenols is 4. The summed E-state index contributed by atoms with van der Waals surface area (Å²) in [5.74, 6) is 0.714. The maximum Gasteiger partial charge on any atom is 0.343 e. The molecule has 0 bridgehead atoms. The number of rotatable bonds is 31. The Morgan fingerprint density at radius 1 is 0.290 bits per heavy atom. The molecule has 0 amide bonds. The molecule has 11 aromatic rings. The molecule has 0 atom stereocenters. The summed E-state index contributed by atoms with van der Waals surface area (Å²) in [5.41, 5.74) is 0.308. The Bertz CT molecular complexity index is 4040. The molecular formula is C74H62O19. The molecule has 0 spiro atoms. The Hall–Kier alpha value is -11.9. The number of esters is 3. The van der Waals surface area contributed by atoms with Gasteiger partial charge in [0.1, 0.15) is 86.2 Å². The van der Waals surface area contributed by atoms with Gasteiger partial charge < -0.3 is 72.5 Å². The zero-order chi connectivity index (χ0) is 64.5. The molecule has 11 aromatic carbocycles. The lowest BCUT2D eigenvalue weighted by Gasteiger charge is -2.16. The van der Waals surface area contributed by atoms with Gasteiger partial charge in [0.25, 0.3) is 0 Å². The molecule has 0 aromatic heterocycles. The Morgan fingerprint density at radius 2 is 0.570 bits per heavy atom. The molecule has 0 aliphatic heterocycles. The van der Waals surface area contributed by atoms with Gasteiger partial charge in [0.05, 0.1) is 69.5 Å². The van der Waals surface area contributed by atoms with Crippen molar-refractivity contribution in [3.05, 3.63) is 222 Å². The van der Waals surface area contributed by atoms with Gasteiger partial charge in [-0.15, -0.1) is 0 Å². The summed E-state index contributed by atoms with van der Waals surface area (Å²) in [4.78, 5) is 55.8. The molecule has 0 unspecified atom stereocenters. The van der Waals surface area contributed by atoms with Crippen LogP contribution < -0.4 is 52.1 Å². The summed E-state index contributed by atoms with van der Waals surface area (Å²) in [7, 11) is 0. The van der Waals surface area contributed by atoms with E-state index >= 15 is 0 Å². The van der Waals surface area contributed by atoms with Crippen LogP contribution in [0.3, 0.4) is 0 Å². The number of aldehydes is 1. The predicted molar refractivity (Wildman–Crippen MR) is 345 cm³/mol. The summed E-state index contributed by atoms with van der Waals surface area (Å²) in [6.07, 6.45) is 2.53. The van der Waals surface area contributed by atoms with E-state index in [1.807, 2.05) is 36.4 Å². The lowest BCUT2D eigenvalue weighted by Crippen LogP contribution is -2.14. The van der Waals surface area contributed by atoms with Crippen LogP contribution in [0, 0.1) is 0 Å². The zero-order valence-electron chi connectivity index (χ0n) is 50.0. The van der Waals surface area contributed by atoms with E-state index in [9.17, 15) is 39.6 Å². The van der Waals surface area contributed by atoms with Crippen molar-refractivity contribution in [2.45, 2.75) is 25.7 Å². The topological polar surface area (TPSA) is 251 Å². The van der Waals surface area contributed by atoms with Crippen molar-refractivity contribution >= 4 is 56.5 Å². The number of phenolic OH excluding ortho intramolecular Hbond substituents is 4.